The van der Waals surface area contributed by atoms with E-state index in [4.69, 9.17) is 5.11 Å². The summed E-state index contributed by atoms with van der Waals surface area (Å²) in [7, 11) is 0. The molecule has 0 fully saturated rings. The zero-order valence-electron chi connectivity index (χ0n) is 9.67. The van der Waals surface area contributed by atoms with Gasteiger partial charge in [0.05, 0.1) is 11.5 Å². The molecule has 3 N–H and O–H groups in total. The van der Waals surface area contributed by atoms with E-state index in [9.17, 15) is 10.1 Å². The predicted octanol–water partition coefficient (Wildman–Crippen LogP) is 0.609. The number of nitrogens with zero attached hydrogens (tertiary/aromatic N) is 3. The summed E-state index contributed by atoms with van der Waals surface area (Å²) < 4.78 is 0. The highest BCUT2D eigenvalue weighted by molar-refractivity contribution is 5.69. The molecule has 17 heavy (non-hydrogen) atoms. The Kier molecular flexibility index (Phi) is 4.58. The Hall–Kier alpha value is -1.96. The standard InChI is InChI=1S/C9H15N5O3/c1-3-10-8-7(14(16)17)9(12-5-11-8)13-6(2)4-15/h5-6,15H,3-4H2,1-2H3,(H2,10,11,12,13). The maximum absolute atomic E-state index is 11.0. The summed E-state index contributed by atoms with van der Waals surface area (Å²) in [5.74, 6) is 0.266. The minimum Gasteiger partial charge on any atom is -0.394 e. The van der Waals surface area contributed by atoms with Gasteiger partial charge in [0, 0.05) is 12.6 Å². The topological polar surface area (TPSA) is 113 Å². The summed E-state index contributed by atoms with van der Waals surface area (Å²) in [4.78, 5) is 18.1. The molecule has 0 bridgehead atoms. The number of aromatic nitrogens is 2. The summed E-state index contributed by atoms with van der Waals surface area (Å²) in [6, 6.07) is -0.321. The predicted molar refractivity (Wildman–Crippen MR) is 63.0 cm³/mol. The molecule has 1 unspecified atom stereocenters. The largest absolute Gasteiger partial charge is 0.394 e. The van der Waals surface area contributed by atoms with Crippen LogP contribution in [0, 0.1) is 10.1 Å². The van der Waals surface area contributed by atoms with E-state index in [1.165, 1.54) is 6.33 Å². The molecule has 0 radical (unpaired) electrons. The van der Waals surface area contributed by atoms with Crippen molar-refractivity contribution in [3.63, 3.8) is 0 Å². The van der Waals surface area contributed by atoms with Crippen LogP contribution in [0.25, 0.3) is 0 Å². The third-order valence-corrected chi connectivity index (χ3v) is 2.01. The molecule has 1 rings (SSSR count). The average Bonchev–Trinajstić information content (AvgIpc) is 2.29. The molecule has 8 nitrogen and oxygen atoms in total. The van der Waals surface area contributed by atoms with Crippen LogP contribution in [0.5, 0.6) is 0 Å². The van der Waals surface area contributed by atoms with Crippen LogP contribution in [-0.4, -0.2) is 39.2 Å². The minimum atomic E-state index is -0.551. The Balaban J connectivity index is 3.10. The highest BCUT2D eigenvalue weighted by Gasteiger charge is 2.23. The third kappa shape index (κ3) is 3.25. The van der Waals surface area contributed by atoms with Gasteiger partial charge in [0.25, 0.3) is 0 Å². The Morgan fingerprint density at radius 3 is 2.71 bits per heavy atom. The van der Waals surface area contributed by atoms with Gasteiger partial charge >= 0.3 is 5.69 Å². The van der Waals surface area contributed by atoms with Crippen LogP contribution >= 0.6 is 0 Å². The van der Waals surface area contributed by atoms with Gasteiger partial charge in [-0.3, -0.25) is 10.1 Å². The van der Waals surface area contributed by atoms with Crippen LogP contribution in [0.3, 0.4) is 0 Å². The molecule has 0 saturated carbocycles. The molecule has 1 heterocycles. The molecule has 0 aliphatic carbocycles. The van der Waals surface area contributed by atoms with Crippen LogP contribution in [0.15, 0.2) is 6.33 Å². The summed E-state index contributed by atoms with van der Waals surface area (Å²) in [5, 5.41) is 25.4. The normalized spacial score (nSPS) is 11.9. The fraction of sp³-hybridized carbons (Fsp3) is 0.556. The second kappa shape index (κ2) is 5.94. The highest BCUT2D eigenvalue weighted by atomic mass is 16.6. The fourth-order valence-corrected chi connectivity index (χ4v) is 1.23. The maximum Gasteiger partial charge on any atom is 0.353 e. The first kappa shape index (κ1) is 13.1. The molecule has 1 atom stereocenters. The van der Waals surface area contributed by atoms with E-state index in [2.05, 4.69) is 20.6 Å². The summed E-state index contributed by atoms with van der Waals surface area (Å²) >= 11 is 0. The van der Waals surface area contributed by atoms with Gasteiger partial charge in [0.15, 0.2) is 0 Å². The third-order valence-electron chi connectivity index (χ3n) is 2.01. The van der Waals surface area contributed by atoms with Crippen molar-refractivity contribution in [2.45, 2.75) is 19.9 Å². The molecule has 8 heteroatoms. The zero-order chi connectivity index (χ0) is 12.8. The van der Waals surface area contributed by atoms with Crippen molar-refractivity contribution >= 4 is 17.3 Å². The number of hydrogen-bond donors (Lipinski definition) is 3. The molecule has 0 spiro atoms. The lowest BCUT2D eigenvalue weighted by atomic mass is 10.3. The second-order valence-corrected chi connectivity index (χ2v) is 3.43. The molecule has 0 aliphatic rings. The number of aliphatic hydroxyl groups is 1. The molecule has 1 aromatic rings. The molecule has 1 aromatic heterocycles. The van der Waals surface area contributed by atoms with E-state index in [1.54, 1.807) is 6.92 Å². The summed E-state index contributed by atoms with van der Waals surface area (Å²) in [6.07, 6.45) is 1.23. The Bertz CT molecular complexity index is 398. The van der Waals surface area contributed by atoms with Crippen molar-refractivity contribution in [1.82, 2.24) is 9.97 Å². The van der Waals surface area contributed by atoms with Crippen LogP contribution in [0.1, 0.15) is 13.8 Å². The lowest BCUT2D eigenvalue weighted by Gasteiger charge is -2.12. The van der Waals surface area contributed by atoms with E-state index in [-0.39, 0.29) is 30.0 Å². The first-order chi connectivity index (χ1) is 8.10. The van der Waals surface area contributed by atoms with E-state index in [0.29, 0.717) is 6.54 Å². The fourth-order valence-electron chi connectivity index (χ4n) is 1.23. The highest BCUT2D eigenvalue weighted by Crippen LogP contribution is 2.28. The van der Waals surface area contributed by atoms with Gasteiger partial charge in [0.1, 0.15) is 6.33 Å². The van der Waals surface area contributed by atoms with Crippen molar-refractivity contribution < 1.29 is 10.0 Å². The monoisotopic (exact) mass is 241 g/mol. The van der Waals surface area contributed by atoms with Gasteiger partial charge in [-0.15, -0.1) is 0 Å². The summed E-state index contributed by atoms with van der Waals surface area (Å²) in [6.45, 7) is 3.89. The van der Waals surface area contributed by atoms with Crippen molar-refractivity contribution in [3.05, 3.63) is 16.4 Å². The van der Waals surface area contributed by atoms with E-state index < -0.39 is 4.92 Å². The molecular formula is C9H15N5O3. The number of nitrogens with one attached hydrogen (secondary N) is 2. The molecule has 94 valence electrons. The van der Waals surface area contributed by atoms with Gasteiger partial charge in [-0.2, -0.15) is 0 Å². The van der Waals surface area contributed by atoms with Crippen LogP contribution in [0.4, 0.5) is 17.3 Å². The van der Waals surface area contributed by atoms with Crippen molar-refractivity contribution in [1.29, 1.82) is 0 Å². The Morgan fingerprint density at radius 1 is 1.53 bits per heavy atom. The lowest BCUT2D eigenvalue weighted by Crippen LogP contribution is -2.21. The van der Waals surface area contributed by atoms with Gasteiger partial charge in [-0.1, -0.05) is 0 Å². The maximum atomic E-state index is 11.0. The van der Waals surface area contributed by atoms with Crippen LogP contribution in [-0.2, 0) is 0 Å². The molecule has 0 aliphatic heterocycles. The lowest BCUT2D eigenvalue weighted by molar-refractivity contribution is -0.383. The minimum absolute atomic E-state index is 0.0995. The number of hydrogen-bond acceptors (Lipinski definition) is 7. The first-order valence-corrected chi connectivity index (χ1v) is 5.20. The number of aliphatic hydroxyl groups excluding tert-OH is 1. The van der Waals surface area contributed by atoms with Gasteiger partial charge in [0.2, 0.25) is 11.6 Å². The molecular weight excluding hydrogens is 226 g/mol. The van der Waals surface area contributed by atoms with Gasteiger partial charge in [-0.25, -0.2) is 9.97 Å². The van der Waals surface area contributed by atoms with Crippen molar-refractivity contribution in [3.8, 4) is 0 Å². The summed E-state index contributed by atoms with van der Waals surface area (Å²) in [5.41, 5.74) is -0.213. The number of anilines is 2. The van der Waals surface area contributed by atoms with Crippen molar-refractivity contribution in [2.75, 3.05) is 23.8 Å². The van der Waals surface area contributed by atoms with E-state index in [1.807, 2.05) is 6.92 Å². The molecule has 0 saturated heterocycles. The smallest absolute Gasteiger partial charge is 0.353 e. The Morgan fingerprint density at radius 2 is 2.18 bits per heavy atom. The van der Waals surface area contributed by atoms with E-state index >= 15 is 0 Å². The Labute approximate surface area is 98.2 Å². The van der Waals surface area contributed by atoms with Gasteiger partial charge in [-0.05, 0) is 13.8 Å². The quantitative estimate of drug-likeness (QED) is 0.494. The van der Waals surface area contributed by atoms with Crippen LogP contribution < -0.4 is 10.6 Å². The average molecular weight is 241 g/mol. The first-order valence-electron chi connectivity index (χ1n) is 5.20. The molecule has 0 aromatic carbocycles. The number of rotatable bonds is 6. The molecule has 0 amide bonds. The van der Waals surface area contributed by atoms with Crippen molar-refractivity contribution in [2.24, 2.45) is 0 Å². The zero-order valence-corrected chi connectivity index (χ0v) is 9.67. The second-order valence-electron chi connectivity index (χ2n) is 3.43. The van der Waals surface area contributed by atoms with E-state index in [0.717, 1.165) is 0 Å². The van der Waals surface area contributed by atoms with Gasteiger partial charge < -0.3 is 15.7 Å². The van der Waals surface area contributed by atoms with Crippen LogP contribution in [0.2, 0.25) is 0 Å². The SMILES string of the molecule is CCNc1ncnc(NC(C)CO)c1[N+](=O)[O-]. The number of nitro groups is 1.